The number of nitrogens with one attached hydrogen (secondary N) is 1. The standard InChI is InChI=1S/C29H39N5O5/c1-4-38-18-10-17-33(27(35)20-34-24-14-9-8-13-23(24)31-32-34)28(29(36)30-22-11-6-7-12-22)21-15-16-25(39-5-2)26(19-21)37-3/h8-9,13-16,19,22,28H,4-7,10-12,17-18,20H2,1-3H3,(H,30,36)/t28-/m1/s1. The van der Waals surface area contributed by atoms with Crippen LogP contribution in [0.25, 0.3) is 11.0 Å². The summed E-state index contributed by atoms with van der Waals surface area (Å²) < 4.78 is 18.4. The van der Waals surface area contributed by atoms with Crippen LogP contribution >= 0.6 is 0 Å². The summed E-state index contributed by atoms with van der Waals surface area (Å²) in [5.74, 6) is 0.655. The van der Waals surface area contributed by atoms with Gasteiger partial charge in [0.1, 0.15) is 18.1 Å². The first-order valence-electron chi connectivity index (χ1n) is 13.8. The Morgan fingerprint density at radius 1 is 1.10 bits per heavy atom. The number of carbonyl (C=O) groups excluding carboxylic acids is 2. The molecule has 210 valence electrons. The summed E-state index contributed by atoms with van der Waals surface area (Å²) in [6, 6.07) is 12.2. The summed E-state index contributed by atoms with van der Waals surface area (Å²) in [4.78, 5) is 29.5. The maximum Gasteiger partial charge on any atom is 0.247 e. The molecule has 1 aliphatic rings. The smallest absolute Gasteiger partial charge is 0.247 e. The van der Waals surface area contributed by atoms with Crippen molar-refractivity contribution >= 4 is 22.8 Å². The number of rotatable bonds is 14. The maximum absolute atomic E-state index is 14.0. The lowest BCUT2D eigenvalue weighted by molar-refractivity contribution is -0.142. The number of methoxy groups -OCH3 is 1. The molecule has 0 bridgehead atoms. The Morgan fingerprint density at radius 2 is 1.90 bits per heavy atom. The van der Waals surface area contributed by atoms with E-state index >= 15 is 0 Å². The molecule has 39 heavy (non-hydrogen) atoms. The molecule has 10 heteroatoms. The van der Waals surface area contributed by atoms with Gasteiger partial charge < -0.3 is 24.4 Å². The number of fused-ring (bicyclic) bond motifs is 1. The number of ether oxygens (including phenoxy) is 3. The van der Waals surface area contributed by atoms with E-state index < -0.39 is 6.04 Å². The van der Waals surface area contributed by atoms with Crippen LogP contribution in [0.4, 0.5) is 0 Å². The molecule has 3 aromatic rings. The fourth-order valence-electron chi connectivity index (χ4n) is 5.08. The third kappa shape index (κ3) is 7.06. The molecule has 1 aromatic heterocycles. The van der Waals surface area contributed by atoms with Crippen LogP contribution in [0.1, 0.15) is 57.6 Å². The predicted molar refractivity (Wildman–Crippen MR) is 148 cm³/mol. The largest absolute Gasteiger partial charge is 0.493 e. The first-order valence-corrected chi connectivity index (χ1v) is 13.8. The molecule has 1 fully saturated rings. The van der Waals surface area contributed by atoms with Crippen molar-refractivity contribution in [2.75, 3.05) is 33.5 Å². The average Bonchev–Trinajstić information content (AvgIpc) is 3.61. The first-order chi connectivity index (χ1) is 19.0. The molecule has 2 aromatic carbocycles. The third-order valence-corrected chi connectivity index (χ3v) is 6.98. The van der Waals surface area contributed by atoms with Gasteiger partial charge in [0.2, 0.25) is 11.8 Å². The van der Waals surface area contributed by atoms with E-state index in [9.17, 15) is 9.59 Å². The van der Waals surface area contributed by atoms with E-state index in [1.54, 1.807) is 28.8 Å². The minimum atomic E-state index is -0.862. The Hall–Kier alpha value is -3.66. The monoisotopic (exact) mass is 537 g/mol. The van der Waals surface area contributed by atoms with Crippen LogP contribution in [0.2, 0.25) is 0 Å². The van der Waals surface area contributed by atoms with Crippen molar-refractivity contribution in [2.24, 2.45) is 0 Å². The van der Waals surface area contributed by atoms with E-state index in [0.717, 1.165) is 31.2 Å². The summed E-state index contributed by atoms with van der Waals surface area (Å²) in [5, 5.41) is 11.6. The molecule has 1 saturated carbocycles. The molecule has 1 atom stereocenters. The van der Waals surface area contributed by atoms with E-state index in [1.165, 1.54) is 0 Å². The molecule has 4 rings (SSSR count). The Labute approximate surface area is 229 Å². The minimum absolute atomic E-state index is 0.0451. The summed E-state index contributed by atoms with van der Waals surface area (Å²) in [5.41, 5.74) is 2.12. The third-order valence-electron chi connectivity index (χ3n) is 6.98. The second kappa shape index (κ2) is 13.9. The van der Waals surface area contributed by atoms with Gasteiger partial charge in [0, 0.05) is 25.8 Å². The lowest BCUT2D eigenvalue weighted by atomic mass is 10.0. The van der Waals surface area contributed by atoms with Crippen LogP contribution in [0.3, 0.4) is 0 Å². The lowest BCUT2D eigenvalue weighted by Gasteiger charge is -2.32. The van der Waals surface area contributed by atoms with Gasteiger partial charge in [-0.15, -0.1) is 5.10 Å². The Kier molecular flexibility index (Phi) is 10.1. The van der Waals surface area contributed by atoms with Crippen LogP contribution in [-0.2, 0) is 20.9 Å². The fourth-order valence-corrected chi connectivity index (χ4v) is 5.08. The van der Waals surface area contributed by atoms with Crippen molar-refractivity contribution in [3.05, 3.63) is 48.0 Å². The van der Waals surface area contributed by atoms with E-state index in [4.69, 9.17) is 14.2 Å². The Morgan fingerprint density at radius 3 is 2.64 bits per heavy atom. The first kappa shape index (κ1) is 28.4. The number of nitrogens with zero attached hydrogens (tertiary/aromatic N) is 4. The summed E-state index contributed by atoms with van der Waals surface area (Å²) >= 11 is 0. The van der Waals surface area contributed by atoms with Crippen molar-refractivity contribution in [2.45, 2.75) is 64.6 Å². The van der Waals surface area contributed by atoms with E-state index in [1.807, 2.05) is 44.2 Å². The van der Waals surface area contributed by atoms with Gasteiger partial charge in [0.15, 0.2) is 11.5 Å². The summed E-state index contributed by atoms with van der Waals surface area (Å²) in [6.07, 6.45) is 4.63. The quantitative estimate of drug-likeness (QED) is 0.311. The van der Waals surface area contributed by atoms with Crippen LogP contribution in [0.5, 0.6) is 11.5 Å². The molecular formula is C29H39N5O5. The maximum atomic E-state index is 14.0. The van der Waals surface area contributed by atoms with Crippen LogP contribution in [0.15, 0.2) is 42.5 Å². The van der Waals surface area contributed by atoms with Crippen LogP contribution < -0.4 is 14.8 Å². The highest BCUT2D eigenvalue weighted by Crippen LogP contribution is 2.33. The predicted octanol–water partition coefficient (Wildman–Crippen LogP) is 3.89. The second-order valence-electron chi connectivity index (χ2n) is 9.61. The normalized spacial score (nSPS) is 14.3. The highest BCUT2D eigenvalue weighted by Gasteiger charge is 2.34. The minimum Gasteiger partial charge on any atom is -0.493 e. The number of aromatic nitrogens is 3. The van der Waals surface area contributed by atoms with E-state index in [-0.39, 0.29) is 24.4 Å². The zero-order chi connectivity index (χ0) is 27.6. The Balaban J connectivity index is 1.69. The molecule has 10 nitrogen and oxygen atoms in total. The molecule has 0 unspecified atom stereocenters. The van der Waals surface area contributed by atoms with Gasteiger partial charge in [0.25, 0.3) is 0 Å². The van der Waals surface area contributed by atoms with Gasteiger partial charge in [0.05, 0.1) is 19.2 Å². The van der Waals surface area contributed by atoms with Gasteiger partial charge in [-0.1, -0.05) is 36.3 Å². The zero-order valence-corrected chi connectivity index (χ0v) is 23.1. The second-order valence-corrected chi connectivity index (χ2v) is 9.61. The van der Waals surface area contributed by atoms with Crippen LogP contribution in [-0.4, -0.2) is 71.2 Å². The topological polar surface area (TPSA) is 108 Å². The number of benzene rings is 2. The molecule has 1 N–H and O–H groups in total. The van der Waals surface area contributed by atoms with E-state index in [0.29, 0.717) is 55.4 Å². The molecule has 1 heterocycles. The highest BCUT2D eigenvalue weighted by atomic mass is 16.5. The molecular weight excluding hydrogens is 498 g/mol. The van der Waals surface area contributed by atoms with Gasteiger partial charge in [-0.05, 0) is 62.9 Å². The SMILES string of the molecule is CCOCCCN(C(=O)Cn1nnc2ccccc21)[C@@H](C(=O)NC1CCCC1)c1ccc(OCC)c(OC)c1. The Bertz CT molecular complexity index is 1240. The van der Waals surface area contributed by atoms with Crippen molar-refractivity contribution in [3.8, 4) is 11.5 Å². The molecule has 0 aliphatic heterocycles. The van der Waals surface area contributed by atoms with Crippen molar-refractivity contribution < 1.29 is 23.8 Å². The highest BCUT2D eigenvalue weighted by molar-refractivity contribution is 5.89. The van der Waals surface area contributed by atoms with Gasteiger partial charge in [-0.25, -0.2) is 4.68 Å². The number of amides is 2. The number of hydrogen-bond acceptors (Lipinski definition) is 7. The summed E-state index contributed by atoms with van der Waals surface area (Å²) in [7, 11) is 1.57. The average molecular weight is 538 g/mol. The van der Waals surface area contributed by atoms with Crippen molar-refractivity contribution in [1.29, 1.82) is 0 Å². The fraction of sp³-hybridized carbons (Fsp3) is 0.517. The van der Waals surface area contributed by atoms with Crippen molar-refractivity contribution in [3.63, 3.8) is 0 Å². The molecule has 2 amide bonds. The number of carbonyl (C=O) groups is 2. The molecule has 0 saturated heterocycles. The molecule has 0 radical (unpaired) electrons. The van der Waals surface area contributed by atoms with E-state index in [2.05, 4.69) is 15.6 Å². The van der Waals surface area contributed by atoms with Gasteiger partial charge in [-0.3, -0.25) is 9.59 Å². The zero-order valence-electron chi connectivity index (χ0n) is 23.1. The van der Waals surface area contributed by atoms with Crippen LogP contribution in [0, 0.1) is 0 Å². The van der Waals surface area contributed by atoms with Gasteiger partial charge in [-0.2, -0.15) is 0 Å². The number of hydrogen-bond donors (Lipinski definition) is 1. The number of para-hydroxylation sites is 1. The molecule has 0 spiro atoms. The lowest BCUT2D eigenvalue weighted by Crippen LogP contribution is -2.47. The molecule has 1 aliphatic carbocycles. The van der Waals surface area contributed by atoms with Gasteiger partial charge >= 0.3 is 0 Å². The summed E-state index contributed by atoms with van der Waals surface area (Å²) in [6.45, 7) is 5.67. The van der Waals surface area contributed by atoms with Crippen molar-refractivity contribution in [1.82, 2.24) is 25.2 Å².